The summed E-state index contributed by atoms with van der Waals surface area (Å²) in [6.45, 7) is 0. The van der Waals surface area contributed by atoms with E-state index in [2.05, 4.69) is 102 Å². The second kappa shape index (κ2) is 8.19. The van der Waals surface area contributed by atoms with Crippen LogP contribution in [-0.2, 0) is 0 Å². The molecule has 0 unspecified atom stereocenters. The van der Waals surface area contributed by atoms with E-state index in [1.165, 1.54) is 0 Å². The summed E-state index contributed by atoms with van der Waals surface area (Å²) in [6.07, 6.45) is 0. The molecule has 0 saturated heterocycles. The Hall–Kier alpha value is -3.95. The number of nitrogens with zero attached hydrogens (tertiary/aromatic N) is 1. The van der Waals surface area contributed by atoms with Crippen molar-refractivity contribution in [1.29, 1.82) is 0 Å². The Balaban J connectivity index is 1.69. The molecule has 0 N–H and O–H groups in total. The van der Waals surface area contributed by atoms with Crippen LogP contribution in [0.1, 0.15) is 0 Å². The van der Waals surface area contributed by atoms with E-state index in [-0.39, 0.29) is 0 Å². The van der Waals surface area contributed by atoms with Gasteiger partial charge in [-0.05, 0) is 54.1 Å². The third kappa shape index (κ3) is 3.57. The molecule has 6 rings (SSSR count). The van der Waals surface area contributed by atoms with Crippen molar-refractivity contribution in [2.45, 2.75) is 4.90 Å². The maximum absolute atomic E-state index is 6.37. The molecule has 0 aliphatic heterocycles. The molecule has 0 amide bonds. The zero-order valence-electron chi connectivity index (χ0n) is 17.8. The summed E-state index contributed by atoms with van der Waals surface area (Å²) in [5.74, 6) is 0. The first-order valence-electron chi connectivity index (χ1n) is 10.9. The first-order chi connectivity index (χ1) is 16.3. The quantitative estimate of drug-likeness (QED) is 0.274. The van der Waals surface area contributed by atoms with Crippen LogP contribution < -0.4 is 4.90 Å². The third-order valence-corrected chi connectivity index (χ3v) is 6.19. The number of hydrogen-bond donors (Lipinski definition) is 1. The molecule has 0 radical (unpaired) electrons. The lowest BCUT2D eigenvalue weighted by Gasteiger charge is -2.26. The van der Waals surface area contributed by atoms with Crippen LogP contribution in [0.15, 0.2) is 131 Å². The maximum atomic E-state index is 6.37. The number of thiol groups is 1. The fraction of sp³-hybridized carbons (Fsp3) is 0. The van der Waals surface area contributed by atoms with Crippen LogP contribution in [-0.4, -0.2) is 0 Å². The topological polar surface area (TPSA) is 16.4 Å². The van der Waals surface area contributed by atoms with E-state index >= 15 is 0 Å². The summed E-state index contributed by atoms with van der Waals surface area (Å²) in [7, 11) is 0. The monoisotopic (exact) mass is 443 g/mol. The van der Waals surface area contributed by atoms with E-state index in [9.17, 15) is 0 Å². The van der Waals surface area contributed by atoms with Crippen LogP contribution in [0.5, 0.6) is 0 Å². The van der Waals surface area contributed by atoms with Gasteiger partial charge in [-0.3, -0.25) is 0 Å². The van der Waals surface area contributed by atoms with Gasteiger partial charge < -0.3 is 9.32 Å². The summed E-state index contributed by atoms with van der Waals surface area (Å²) < 4.78 is 6.37. The Bertz CT molecular complexity index is 1570. The van der Waals surface area contributed by atoms with Crippen LogP contribution in [0, 0.1) is 0 Å². The highest BCUT2D eigenvalue weighted by atomic mass is 32.1. The van der Waals surface area contributed by atoms with Gasteiger partial charge >= 0.3 is 0 Å². The number of benzene rings is 5. The molecule has 0 fully saturated rings. The van der Waals surface area contributed by atoms with Crippen LogP contribution in [0.4, 0.5) is 17.1 Å². The average Bonchev–Trinajstić information content (AvgIpc) is 3.24. The Morgan fingerprint density at radius 3 is 2.03 bits per heavy atom. The van der Waals surface area contributed by atoms with Gasteiger partial charge in [-0.2, -0.15) is 0 Å². The van der Waals surface area contributed by atoms with Gasteiger partial charge in [0.2, 0.25) is 0 Å². The summed E-state index contributed by atoms with van der Waals surface area (Å²) in [4.78, 5) is 3.19. The fourth-order valence-corrected chi connectivity index (χ4v) is 4.65. The summed E-state index contributed by atoms with van der Waals surface area (Å²) in [5.41, 5.74) is 7.20. The molecule has 2 nitrogen and oxygen atoms in total. The summed E-state index contributed by atoms with van der Waals surface area (Å²) in [6, 6.07) is 41.8. The van der Waals surface area contributed by atoms with Crippen molar-refractivity contribution in [3.05, 3.63) is 121 Å². The van der Waals surface area contributed by atoms with Crippen LogP contribution in [0.3, 0.4) is 0 Å². The minimum atomic E-state index is 0.894. The van der Waals surface area contributed by atoms with E-state index in [0.29, 0.717) is 0 Å². The fourth-order valence-electron chi connectivity index (χ4n) is 4.43. The molecule has 0 aliphatic carbocycles. The molecule has 6 aromatic rings. The van der Waals surface area contributed by atoms with E-state index in [1.807, 2.05) is 36.4 Å². The maximum Gasteiger partial charge on any atom is 0.143 e. The van der Waals surface area contributed by atoms with Crippen molar-refractivity contribution >= 4 is 51.6 Å². The summed E-state index contributed by atoms with van der Waals surface area (Å²) >= 11 is 4.61. The van der Waals surface area contributed by atoms with Crippen LogP contribution in [0.25, 0.3) is 33.1 Å². The normalized spacial score (nSPS) is 11.2. The highest BCUT2D eigenvalue weighted by molar-refractivity contribution is 7.80. The second-order valence-electron chi connectivity index (χ2n) is 8.03. The minimum absolute atomic E-state index is 0.894. The van der Waals surface area contributed by atoms with Crippen molar-refractivity contribution in [3.8, 4) is 11.1 Å². The van der Waals surface area contributed by atoms with Crippen molar-refractivity contribution in [2.24, 2.45) is 0 Å². The van der Waals surface area contributed by atoms with E-state index in [1.54, 1.807) is 0 Å². The van der Waals surface area contributed by atoms with Gasteiger partial charge in [-0.15, -0.1) is 12.6 Å². The molecule has 5 aromatic carbocycles. The van der Waals surface area contributed by atoms with Crippen molar-refractivity contribution in [2.75, 3.05) is 4.90 Å². The number of furan rings is 1. The first kappa shape index (κ1) is 19.7. The van der Waals surface area contributed by atoms with Gasteiger partial charge in [0.25, 0.3) is 0 Å². The van der Waals surface area contributed by atoms with E-state index < -0.39 is 0 Å². The molecule has 158 valence electrons. The average molecular weight is 444 g/mol. The Morgan fingerprint density at radius 2 is 1.24 bits per heavy atom. The molecule has 0 bridgehead atoms. The molecule has 1 aromatic heterocycles. The highest BCUT2D eigenvalue weighted by Gasteiger charge is 2.19. The van der Waals surface area contributed by atoms with Crippen molar-refractivity contribution in [3.63, 3.8) is 0 Å². The molecule has 0 spiro atoms. The third-order valence-electron chi connectivity index (χ3n) is 5.91. The number of para-hydroxylation sites is 2. The van der Waals surface area contributed by atoms with Gasteiger partial charge in [0.1, 0.15) is 11.2 Å². The second-order valence-corrected chi connectivity index (χ2v) is 8.54. The Kier molecular flexibility index (Phi) is 4.89. The predicted octanol–water partition coefficient (Wildman–Crippen LogP) is 9.01. The molecule has 0 atom stereocenters. The van der Waals surface area contributed by atoms with E-state index in [0.717, 1.165) is 55.0 Å². The predicted molar refractivity (Wildman–Crippen MR) is 141 cm³/mol. The number of fused-ring (bicyclic) bond motifs is 3. The molecule has 3 heteroatoms. The lowest BCUT2D eigenvalue weighted by atomic mass is 10.0. The molecular weight excluding hydrogens is 422 g/mol. The minimum Gasteiger partial charge on any atom is -0.455 e. The van der Waals surface area contributed by atoms with Crippen molar-refractivity contribution < 1.29 is 4.42 Å². The SMILES string of the molecule is Sc1cccc(N(c2ccccc2)c2cc(-c3ccccc3)c3oc4ccccc4c3c2)c1. The largest absolute Gasteiger partial charge is 0.455 e. The molecule has 1 heterocycles. The Labute approximate surface area is 198 Å². The van der Waals surface area contributed by atoms with Gasteiger partial charge in [-0.25, -0.2) is 0 Å². The molecule has 0 saturated carbocycles. The zero-order chi connectivity index (χ0) is 22.2. The number of anilines is 3. The van der Waals surface area contributed by atoms with Crippen LogP contribution >= 0.6 is 12.6 Å². The molecule has 0 aliphatic rings. The highest BCUT2D eigenvalue weighted by Crippen LogP contribution is 2.43. The van der Waals surface area contributed by atoms with Crippen LogP contribution in [0.2, 0.25) is 0 Å². The smallest absolute Gasteiger partial charge is 0.143 e. The number of hydrogen-bond acceptors (Lipinski definition) is 3. The lowest BCUT2D eigenvalue weighted by molar-refractivity contribution is 0.670. The standard InChI is InChI=1S/C30H21NOS/c33-25-15-9-14-23(18-25)31(22-12-5-2-6-13-22)24-19-27(21-10-3-1-4-11-21)30-28(20-24)26-16-7-8-17-29(26)32-30/h1-20,33H. The first-order valence-corrected chi connectivity index (χ1v) is 11.4. The summed E-state index contributed by atoms with van der Waals surface area (Å²) in [5, 5.41) is 2.22. The van der Waals surface area contributed by atoms with Gasteiger partial charge in [0, 0.05) is 38.3 Å². The van der Waals surface area contributed by atoms with Gasteiger partial charge in [0.15, 0.2) is 0 Å². The Morgan fingerprint density at radius 1 is 0.545 bits per heavy atom. The van der Waals surface area contributed by atoms with Gasteiger partial charge in [-0.1, -0.05) is 72.8 Å². The molecular formula is C30H21NOS. The zero-order valence-corrected chi connectivity index (χ0v) is 18.7. The van der Waals surface area contributed by atoms with Gasteiger partial charge in [0.05, 0.1) is 0 Å². The van der Waals surface area contributed by atoms with Crippen molar-refractivity contribution in [1.82, 2.24) is 0 Å². The lowest BCUT2D eigenvalue weighted by Crippen LogP contribution is -2.10. The van der Waals surface area contributed by atoms with E-state index in [4.69, 9.17) is 4.42 Å². The number of rotatable bonds is 4. The molecule has 33 heavy (non-hydrogen) atoms.